The Hall–Kier alpha value is -2.46. The lowest BCUT2D eigenvalue weighted by molar-refractivity contribution is 0.170. The fourth-order valence-electron chi connectivity index (χ4n) is 3.43. The van der Waals surface area contributed by atoms with Crippen molar-refractivity contribution in [3.63, 3.8) is 0 Å². The van der Waals surface area contributed by atoms with E-state index in [9.17, 15) is 4.79 Å². The monoisotopic (exact) mass is 333 g/mol. The summed E-state index contributed by atoms with van der Waals surface area (Å²) < 4.78 is 1.59. The summed E-state index contributed by atoms with van der Waals surface area (Å²) in [5.41, 5.74) is 2.84. The van der Waals surface area contributed by atoms with E-state index in [0.717, 1.165) is 18.2 Å². The van der Waals surface area contributed by atoms with Crippen LogP contribution in [-0.2, 0) is 13.1 Å². The average molecular weight is 333 g/mol. The van der Waals surface area contributed by atoms with Crippen molar-refractivity contribution in [2.45, 2.75) is 38.9 Å². The van der Waals surface area contributed by atoms with Gasteiger partial charge >= 0.3 is 0 Å². The van der Waals surface area contributed by atoms with Crippen molar-refractivity contribution in [3.05, 3.63) is 82.4 Å². The Morgan fingerprint density at radius 3 is 2.64 bits per heavy atom. The zero-order valence-corrected chi connectivity index (χ0v) is 14.5. The summed E-state index contributed by atoms with van der Waals surface area (Å²) >= 11 is 0. The van der Waals surface area contributed by atoms with Crippen LogP contribution in [0.5, 0.6) is 0 Å². The highest BCUT2D eigenvalue weighted by atomic mass is 16.1. The van der Waals surface area contributed by atoms with E-state index < -0.39 is 0 Å². The van der Waals surface area contributed by atoms with Gasteiger partial charge in [0.2, 0.25) is 0 Å². The minimum absolute atomic E-state index is 0.0145. The van der Waals surface area contributed by atoms with E-state index in [1.807, 2.05) is 24.3 Å². The van der Waals surface area contributed by atoms with E-state index in [0.29, 0.717) is 18.2 Å². The highest BCUT2D eigenvalue weighted by molar-refractivity contribution is 5.38. The molecule has 0 spiro atoms. The lowest BCUT2D eigenvalue weighted by atomic mass is 10.1. The topological polar surface area (TPSA) is 37.6 Å². The first-order valence-corrected chi connectivity index (χ1v) is 8.96. The normalized spacial score (nSPS) is 15.6. The Morgan fingerprint density at radius 1 is 1.12 bits per heavy atom. The van der Waals surface area contributed by atoms with Crippen LogP contribution in [0, 0.1) is 5.92 Å². The number of hydrogen-bond donors (Lipinski definition) is 0. The molecule has 0 saturated heterocycles. The summed E-state index contributed by atoms with van der Waals surface area (Å²) in [7, 11) is 0. The van der Waals surface area contributed by atoms with Gasteiger partial charge in [-0.05, 0) is 43.4 Å². The molecule has 25 heavy (non-hydrogen) atoms. The Bertz CT molecular complexity index is 915. The second-order valence-corrected chi connectivity index (χ2v) is 6.98. The maximum atomic E-state index is 12.4. The molecule has 3 aromatic rings. The van der Waals surface area contributed by atoms with Crippen LogP contribution in [0.4, 0.5) is 0 Å². The van der Waals surface area contributed by atoms with Crippen molar-refractivity contribution in [1.82, 2.24) is 14.3 Å². The maximum absolute atomic E-state index is 12.4. The van der Waals surface area contributed by atoms with Crippen LogP contribution in [0.15, 0.2) is 65.6 Å². The summed E-state index contributed by atoms with van der Waals surface area (Å²) in [5.74, 6) is 0.769. The van der Waals surface area contributed by atoms with Crippen LogP contribution < -0.4 is 5.56 Å². The third kappa shape index (κ3) is 3.64. The first-order chi connectivity index (χ1) is 12.2. The third-order valence-electron chi connectivity index (χ3n) is 5.10. The van der Waals surface area contributed by atoms with E-state index in [4.69, 9.17) is 4.98 Å². The van der Waals surface area contributed by atoms with E-state index in [-0.39, 0.29) is 5.56 Å². The third-order valence-corrected chi connectivity index (χ3v) is 5.10. The number of fused-ring (bicyclic) bond motifs is 1. The number of hydrogen-bond acceptors (Lipinski definition) is 3. The largest absolute Gasteiger partial charge is 0.290 e. The van der Waals surface area contributed by atoms with E-state index in [1.54, 1.807) is 16.7 Å². The van der Waals surface area contributed by atoms with Gasteiger partial charge in [-0.3, -0.25) is 14.1 Å². The number of pyridine rings is 1. The molecule has 4 heteroatoms. The van der Waals surface area contributed by atoms with Crippen LogP contribution in [0.2, 0.25) is 0 Å². The molecule has 1 aliphatic rings. The molecule has 1 aromatic carbocycles. The molecule has 0 bridgehead atoms. The van der Waals surface area contributed by atoms with Crippen LogP contribution in [0.25, 0.3) is 5.65 Å². The van der Waals surface area contributed by atoms with Gasteiger partial charge in [-0.15, -0.1) is 0 Å². The Balaban J connectivity index is 1.62. The van der Waals surface area contributed by atoms with Gasteiger partial charge in [-0.2, -0.15) is 0 Å². The summed E-state index contributed by atoms with van der Waals surface area (Å²) in [6.07, 6.45) is 4.38. The fourth-order valence-corrected chi connectivity index (χ4v) is 3.43. The quantitative estimate of drug-likeness (QED) is 0.693. The van der Waals surface area contributed by atoms with Crippen LogP contribution in [-0.4, -0.2) is 20.3 Å². The minimum atomic E-state index is -0.0145. The molecule has 2 heterocycles. The smallest absolute Gasteiger partial charge is 0.258 e. The van der Waals surface area contributed by atoms with Crippen molar-refractivity contribution in [1.29, 1.82) is 0 Å². The summed E-state index contributed by atoms with van der Waals surface area (Å²) in [5, 5.41) is 0. The molecule has 4 rings (SSSR count). The Morgan fingerprint density at radius 2 is 1.88 bits per heavy atom. The summed E-state index contributed by atoms with van der Waals surface area (Å²) in [6.45, 7) is 3.88. The zero-order chi connectivity index (χ0) is 17.2. The minimum Gasteiger partial charge on any atom is -0.290 e. The molecule has 0 radical (unpaired) electrons. The van der Waals surface area contributed by atoms with Gasteiger partial charge in [0, 0.05) is 31.4 Å². The molecule has 4 nitrogen and oxygen atoms in total. The van der Waals surface area contributed by atoms with Crippen molar-refractivity contribution < 1.29 is 0 Å². The number of rotatable bonds is 6. The molecule has 0 amide bonds. The van der Waals surface area contributed by atoms with Gasteiger partial charge in [-0.25, -0.2) is 4.98 Å². The van der Waals surface area contributed by atoms with Crippen LogP contribution >= 0.6 is 0 Å². The van der Waals surface area contributed by atoms with Gasteiger partial charge in [0.1, 0.15) is 5.65 Å². The lowest BCUT2D eigenvalue weighted by Crippen LogP contribution is -2.34. The van der Waals surface area contributed by atoms with Crippen molar-refractivity contribution in [2.75, 3.05) is 0 Å². The van der Waals surface area contributed by atoms with E-state index in [1.165, 1.54) is 18.4 Å². The highest BCUT2D eigenvalue weighted by Crippen LogP contribution is 2.36. The predicted octanol–water partition coefficient (Wildman–Crippen LogP) is 3.50. The second kappa shape index (κ2) is 6.81. The molecule has 2 aromatic heterocycles. The second-order valence-electron chi connectivity index (χ2n) is 6.98. The van der Waals surface area contributed by atoms with E-state index >= 15 is 0 Å². The first kappa shape index (κ1) is 16.0. The van der Waals surface area contributed by atoms with Gasteiger partial charge in [0.15, 0.2) is 0 Å². The Labute approximate surface area is 147 Å². The van der Waals surface area contributed by atoms with Gasteiger partial charge in [-0.1, -0.05) is 36.4 Å². The SMILES string of the molecule is C[C@H](C1CC1)N(Cc1ccccc1)Cc1cc(=O)n2ccccc2n1. The number of aromatic nitrogens is 2. The first-order valence-electron chi connectivity index (χ1n) is 8.96. The van der Waals surface area contributed by atoms with E-state index in [2.05, 4.69) is 36.1 Å². The summed E-state index contributed by atoms with van der Waals surface area (Å²) in [4.78, 5) is 19.5. The molecule has 1 aliphatic carbocycles. The molecule has 128 valence electrons. The fraction of sp³-hybridized carbons (Fsp3) is 0.333. The standard InChI is InChI=1S/C21H23N3O/c1-16(18-10-11-18)23(14-17-7-3-2-4-8-17)15-19-13-21(25)24-12-6-5-9-20(24)22-19/h2-9,12-13,16,18H,10-11,14-15H2,1H3/t16-/m1/s1. The number of benzene rings is 1. The summed E-state index contributed by atoms with van der Waals surface area (Å²) in [6, 6.07) is 18.4. The van der Waals surface area contributed by atoms with Crippen molar-refractivity contribution in [2.24, 2.45) is 5.92 Å². The predicted molar refractivity (Wildman–Crippen MR) is 99.3 cm³/mol. The molecule has 0 unspecified atom stereocenters. The molecule has 0 N–H and O–H groups in total. The Kier molecular flexibility index (Phi) is 4.36. The zero-order valence-electron chi connectivity index (χ0n) is 14.5. The van der Waals surface area contributed by atoms with Crippen LogP contribution in [0.3, 0.4) is 0 Å². The molecule has 1 atom stereocenters. The lowest BCUT2D eigenvalue weighted by Gasteiger charge is -2.29. The van der Waals surface area contributed by atoms with Gasteiger partial charge in [0.25, 0.3) is 5.56 Å². The van der Waals surface area contributed by atoms with Crippen molar-refractivity contribution in [3.8, 4) is 0 Å². The molecular weight excluding hydrogens is 310 g/mol. The van der Waals surface area contributed by atoms with Gasteiger partial charge < -0.3 is 0 Å². The highest BCUT2D eigenvalue weighted by Gasteiger charge is 2.32. The molecule has 0 aliphatic heterocycles. The van der Waals surface area contributed by atoms with Crippen molar-refractivity contribution >= 4 is 5.65 Å². The maximum Gasteiger partial charge on any atom is 0.258 e. The van der Waals surface area contributed by atoms with Crippen LogP contribution in [0.1, 0.15) is 31.0 Å². The molecule has 1 fully saturated rings. The van der Waals surface area contributed by atoms with Gasteiger partial charge in [0.05, 0.1) is 5.69 Å². The molecular formula is C21H23N3O. The number of nitrogens with zero attached hydrogens (tertiary/aromatic N) is 3. The average Bonchev–Trinajstić information content (AvgIpc) is 3.47. The molecule has 1 saturated carbocycles.